The van der Waals surface area contributed by atoms with Crippen molar-refractivity contribution in [3.05, 3.63) is 60.1 Å². The number of aliphatic hydroxyl groups is 1. The summed E-state index contributed by atoms with van der Waals surface area (Å²) in [4.78, 5) is 28.3. The molecule has 1 aromatic carbocycles. The Morgan fingerprint density at radius 2 is 1.82 bits per heavy atom. The molecule has 0 radical (unpaired) electrons. The van der Waals surface area contributed by atoms with Crippen molar-refractivity contribution in [2.45, 2.75) is 83.1 Å². The lowest BCUT2D eigenvalue weighted by Gasteiger charge is -2.46. The highest BCUT2D eigenvalue weighted by atomic mass is 16.3. The molecule has 2 aromatic rings. The fourth-order valence-electron chi connectivity index (χ4n) is 6.04. The molecule has 38 heavy (non-hydrogen) atoms. The molecule has 4 rings (SSSR count). The van der Waals surface area contributed by atoms with E-state index in [4.69, 9.17) is 4.42 Å². The standard InChI is InChI=1S/C30H44N4O4/c1-21(2)32-30(37)27-15-24-10-6-7-11-25(24)18-34(27)19-28(35)26(14-22-8-4-3-5-9-22)33-29(36)17-31-16-23-12-13-38-20-23/h3-5,8-9,12-13,20-21,24-28,31,35H,6-7,10-11,14-19H2,1-2H3,(H,32,37)(H,33,36). The maximum Gasteiger partial charge on any atom is 0.237 e. The Kier molecular flexibility index (Phi) is 10.4. The van der Waals surface area contributed by atoms with Crippen LogP contribution in [0.2, 0.25) is 0 Å². The summed E-state index contributed by atoms with van der Waals surface area (Å²) in [6.45, 7) is 5.79. The van der Waals surface area contributed by atoms with E-state index in [2.05, 4.69) is 20.9 Å². The topological polar surface area (TPSA) is 107 Å². The molecular formula is C30H44N4O4. The SMILES string of the molecule is CC(C)NC(=O)C1CC2CCCCC2CN1CC(O)C(Cc1ccccc1)NC(=O)CNCc1ccoc1. The van der Waals surface area contributed by atoms with Crippen LogP contribution in [0.25, 0.3) is 0 Å². The molecule has 1 aromatic heterocycles. The number of hydrogen-bond acceptors (Lipinski definition) is 6. The van der Waals surface area contributed by atoms with Crippen LogP contribution < -0.4 is 16.0 Å². The van der Waals surface area contributed by atoms with Crippen LogP contribution >= 0.6 is 0 Å². The molecule has 8 nitrogen and oxygen atoms in total. The van der Waals surface area contributed by atoms with Crippen LogP contribution in [-0.4, -0.2) is 65.7 Å². The fourth-order valence-corrected chi connectivity index (χ4v) is 6.04. The van der Waals surface area contributed by atoms with Gasteiger partial charge in [-0.15, -0.1) is 0 Å². The van der Waals surface area contributed by atoms with Crippen LogP contribution in [0.5, 0.6) is 0 Å². The Balaban J connectivity index is 1.43. The monoisotopic (exact) mass is 524 g/mol. The molecule has 8 heteroatoms. The summed E-state index contributed by atoms with van der Waals surface area (Å²) in [6, 6.07) is 11.1. The second-order valence-electron chi connectivity index (χ2n) is 11.3. The third-order valence-corrected chi connectivity index (χ3v) is 7.96. The maximum absolute atomic E-state index is 13.2. The van der Waals surface area contributed by atoms with E-state index >= 15 is 0 Å². The molecule has 2 aliphatic rings. The number of β-amino-alcohol motifs (C(OH)–C–C–N with tert-alkyl or cyclic N) is 1. The van der Waals surface area contributed by atoms with Crippen molar-refractivity contribution in [1.82, 2.24) is 20.9 Å². The van der Waals surface area contributed by atoms with Crippen molar-refractivity contribution >= 4 is 11.8 Å². The summed E-state index contributed by atoms with van der Waals surface area (Å²) in [5.74, 6) is 1.01. The van der Waals surface area contributed by atoms with Gasteiger partial charge in [0.1, 0.15) is 0 Å². The van der Waals surface area contributed by atoms with Gasteiger partial charge in [0.2, 0.25) is 11.8 Å². The molecule has 1 saturated heterocycles. The summed E-state index contributed by atoms with van der Waals surface area (Å²) in [7, 11) is 0. The zero-order valence-corrected chi connectivity index (χ0v) is 22.8. The first-order chi connectivity index (χ1) is 18.4. The van der Waals surface area contributed by atoms with E-state index in [1.54, 1.807) is 12.5 Å². The quantitative estimate of drug-likeness (QED) is 0.340. The Bertz CT molecular complexity index is 997. The van der Waals surface area contributed by atoms with Crippen molar-refractivity contribution in [2.75, 3.05) is 19.6 Å². The highest BCUT2D eigenvalue weighted by Gasteiger charge is 2.41. The molecule has 0 spiro atoms. The van der Waals surface area contributed by atoms with Gasteiger partial charge in [0.25, 0.3) is 0 Å². The van der Waals surface area contributed by atoms with Crippen molar-refractivity contribution in [1.29, 1.82) is 0 Å². The van der Waals surface area contributed by atoms with Gasteiger partial charge in [-0.3, -0.25) is 14.5 Å². The molecule has 1 aliphatic carbocycles. The third kappa shape index (κ3) is 8.16. The third-order valence-electron chi connectivity index (χ3n) is 7.96. The largest absolute Gasteiger partial charge is 0.472 e. The first kappa shape index (κ1) is 28.3. The predicted octanol–water partition coefficient (Wildman–Crippen LogP) is 2.86. The van der Waals surface area contributed by atoms with Crippen LogP contribution in [0.15, 0.2) is 53.3 Å². The minimum atomic E-state index is -0.817. The molecule has 5 unspecified atom stereocenters. The Hall–Kier alpha value is -2.68. The number of fused-ring (bicyclic) bond motifs is 1. The smallest absolute Gasteiger partial charge is 0.237 e. The van der Waals surface area contributed by atoms with Gasteiger partial charge in [-0.2, -0.15) is 0 Å². The molecule has 2 amide bonds. The van der Waals surface area contributed by atoms with E-state index in [-0.39, 0.29) is 30.4 Å². The average molecular weight is 525 g/mol. The van der Waals surface area contributed by atoms with Gasteiger partial charge in [-0.05, 0) is 56.6 Å². The van der Waals surface area contributed by atoms with E-state index in [1.165, 1.54) is 25.7 Å². The van der Waals surface area contributed by atoms with Crippen LogP contribution in [0, 0.1) is 11.8 Å². The number of nitrogens with one attached hydrogen (secondary N) is 3. The number of likely N-dealkylation sites (tertiary alicyclic amines) is 1. The molecule has 4 N–H and O–H groups in total. The highest BCUT2D eigenvalue weighted by Crippen LogP contribution is 2.38. The number of carbonyl (C=O) groups is 2. The normalized spacial score (nSPS) is 23.4. The van der Waals surface area contributed by atoms with Gasteiger partial charge in [0, 0.05) is 31.2 Å². The van der Waals surface area contributed by atoms with Crippen molar-refractivity contribution < 1.29 is 19.1 Å². The molecule has 5 atom stereocenters. The van der Waals surface area contributed by atoms with Crippen molar-refractivity contribution in [3.8, 4) is 0 Å². The lowest BCUT2D eigenvalue weighted by Crippen LogP contribution is -2.59. The van der Waals surface area contributed by atoms with Crippen LogP contribution in [0.4, 0.5) is 0 Å². The molecule has 1 aliphatic heterocycles. The zero-order chi connectivity index (χ0) is 26.9. The number of amides is 2. The van der Waals surface area contributed by atoms with Crippen molar-refractivity contribution in [3.63, 3.8) is 0 Å². The van der Waals surface area contributed by atoms with Gasteiger partial charge in [-0.25, -0.2) is 0 Å². The van der Waals surface area contributed by atoms with Gasteiger partial charge in [0.15, 0.2) is 0 Å². The molecule has 0 bridgehead atoms. The highest BCUT2D eigenvalue weighted by molar-refractivity contribution is 5.82. The summed E-state index contributed by atoms with van der Waals surface area (Å²) in [5.41, 5.74) is 2.01. The molecule has 2 heterocycles. The number of hydrogen-bond donors (Lipinski definition) is 4. The Labute approximate surface area is 226 Å². The van der Waals surface area contributed by atoms with Crippen LogP contribution in [0.1, 0.15) is 57.1 Å². The lowest BCUT2D eigenvalue weighted by molar-refractivity contribution is -0.132. The number of piperidine rings is 1. The fraction of sp³-hybridized carbons (Fsp3) is 0.600. The van der Waals surface area contributed by atoms with E-state index in [1.807, 2.05) is 50.2 Å². The summed E-state index contributed by atoms with van der Waals surface area (Å²) in [5, 5.41) is 20.8. The average Bonchev–Trinajstić information content (AvgIpc) is 3.41. The summed E-state index contributed by atoms with van der Waals surface area (Å²) >= 11 is 0. The van der Waals surface area contributed by atoms with Gasteiger partial charge >= 0.3 is 0 Å². The van der Waals surface area contributed by atoms with Gasteiger partial charge < -0.3 is 25.5 Å². The maximum atomic E-state index is 13.2. The van der Waals surface area contributed by atoms with Crippen LogP contribution in [-0.2, 0) is 22.6 Å². The first-order valence-electron chi connectivity index (χ1n) is 14.2. The minimum Gasteiger partial charge on any atom is -0.472 e. The lowest BCUT2D eigenvalue weighted by atomic mass is 9.72. The second kappa shape index (κ2) is 13.9. The Morgan fingerprint density at radius 3 is 2.53 bits per heavy atom. The number of benzene rings is 1. The summed E-state index contributed by atoms with van der Waals surface area (Å²) in [6.07, 6.45) is 8.63. The number of rotatable bonds is 12. The number of furan rings is 1. The van der Waals surface area contributed by atoms with Crippen LogP contribution in [0.3, 0.4) is 0 Å². The van der Waals surface area contributed by atoms with Gasteiger partial charge in [0.05, 0.1) is 37.3 Å². The first-order valence-corrected chi connectivity index (χ1v) is 14.2. The predicted molar refractivity (Wildman–Crippen MR) is 147 cm³/mol. The molecule has 2 fully saturated rings. The van der Waals surface area contributed by atoms with Gasteiger partial charge in [-0.1, -0.05) is 49.6 Å². The van der Waals surface area contributed by atoms with E-state index < -0.39 is 12.1 Å². The molecular weight excluding hydrogens is 480 g/mol. The van der Waals surface area contributed by atoms with E-state index in [0.29, 0.717) is 31.3 Å². The zero-order valence-electron chi connectivity index (χ0n) is 22.8. The Morgan fingerprint density at radius 1 is 1.05 bits per heavy atom. The number of carbonyl (C=O) groups excluding carboxylic acids is 2. The van der Waals surface area contributed by atoms with E-state index in [9.17, 15) is 14.7 Å². The van der Waals surface area contributed by atoms with E-state index in [0.717, 1.165) is 24.1 Å². The second-order valence-corrected chi connectivity index (χ2v) is 11.3. The minimum absolute atomic E-state index is 0.0447. The van der Waals surface area contributed by atoms with Crippen molar-refractivity contribution in [2.24, 2.45) is 11.8 Å². The summed E-state index contributed by atoms with van der Waals surface area (Å²) < 4.78 is 5.08. The molecule has 1 saturated carbocycles. The number of aliphatic hydroxyl groups excluding tert-OH is 1. The number of nitrogens with zero attached hydrogens (tertiary/aromatic N) is 1. The molecule has 208 valence electrons.